The molecule has 1 aromatic carbocycles. The average Bonchev–Trinajstić information content (AvgIpc) is 3.58. The monoisotopic (exact) mass is 436 g/mol. The highest BCUT2D eigenvalue weighted by atomic mass is 35.5. The summed E-state index contributed by atoms with van der Waals surface area (Å²) in [5.41, 5.74) is 8.09. The molecule has 3 aromatic rings. The van der Waals surface area contributed by atoms with Gasteiger partial charge in [-0.15, -0.1) is 0 Å². The first-order valence-electron chi connectivity index (χ1n) is 12.4. The van der Waals surface area contributed by atoms with Crippen molar-refractivity contribution in [2.24, 2.45) is 7.05 Å². The van der Waals surface area contributed by atoms with Gasteiger partial charge in [-0.1, -0.05) is 43.6 Å². The van der Waals surface area contributed by atoms with Crippen LogP contribution in [0.1, 0.15) is 69.0 Å². The zero-order valence-corrected chi connectivity index (χ0v) is 19.6. The van der Waals surface area contributed by atoms with Crippen molar-refractivity contribution in [1.82, 2.24) is 14.8 Å². The number of rotatable bonds is 5. The third-order valence-electron chi connectivity index (χ3n) is 6.57. The summed E-state index contributed by atoms with van der Waals surface area (Å²) in [4.78, 5) is 6.83. The quantitative estimate of drug-likeness (QED) is 0.491. The second-order valence-electron chi connectivity index (χ2n) is 8.74. The summed E-state index contributed by atoms with van der Waals surface area (Å²) in [5, 5.41) is 5.24. The number of benzene rings is 1. The lowest BCUT2D eigenvalue weighted by molar-refractivity contribution is 0.655. The summed E-state index contributed by atoms with van der Waals surface area (Å²) >= 11 is 6.76. The van der Waals surface area contributed by atoms with Gasteiger partial charge in [-0.25, -0.2) is 0 Å². The Morgan fingerprint density at radius 1 is 1.19 bits per heavy atom. The molecule has 1 aliphatic heterocycles. The second-order valence-corrected chi connectivity index (χ2v) is 9.12. The largest absolute Gasteiger partial charge is 0.351 e. The summed E-state index contributed by atoms with van der Waals surface area (Å²) < 4.78 is 20.1. The number of aromatic nitrogens is 3. The molecule has 0 bridgehead atoms. The van der Waals surface area contributed by atoms with Crippen LogP contribution >= 0.6 is 11.6 Å². The van der Waals surface area contributed by atoms with E-state index < -0.39 is 6.50 Å². The SMILES string of the molecule is [2H]C1([2H])c2c(C)cc(-c3c(CC)cccc3CC)nc2CCN1c1c(Cl)c(C2CC2)nn1C. The van der Waals surface area contributed by atoms with Gasteiger partial charge in [0, 0.05) is 43.7 Å². The molecular formula is C26H31ClN4. The van der Waals surface area contributed by atoms with Gasteiger partial charge >= 0.3 is 0 Å². The predicted octanol–water partition coefficient (Wildman–Crippen LogP) is 6.01. The van der Waals surface area contributed by atoms with Crippen molar-refractivity contribution >= 4 is 17.4 Å². The number of halogens is 1. The number of hydrogen-bond acceptors (Lipinski definition) is 3. The fourth-order valence-corrected chi connectivity index (χ4v) is 5.18. The van der Waals surface area contributed by atoms with Crippen LogP contribution in [0.2, 0.25) is 5.02 Å². The first kappa shape index (κ1) is 18.3. The lowest BCUT2D eigenvalue weighted by Gasteiger charge is -2.31. The summed E-state index contributed by atoms with van der Waals surface area (Å²) in [5.74, 6) is 1.08. The van der Waals surface area contributed by atoms with Crippen molar-refractivity contribution < 1.29 is 2.74 Å². The third kappa shape index (κ3) is 3.55. The van der Waals surface area contributed by atoms with Crippen molar-refractivity contribution in [3.05, 3.63) is 62.9 Å². The van der Waals surface area contributed by atoms with Crippen LogP contribution in [-0.2, 0) is 32.8 Å². The van der Waals surface area contributed by atoms with Crippen molar-refractivity contribution in [3.63, 3.8) is 0 Å². The Kier molecular flexibility index (Phi) is 4.70. The van der Waals surface area contributed by atoms with Crippen LogP contribution in [-0.4, -0.2) is 21.3 Å². The molecule has 0 spiro atoms. The van der Waals surface area contributed by atoms with E-state index in [-0.39, 0.29) is 0 Å². The normalized spacial score (nSPS) is 18.5. The van der Waals surface area contributed by atoms with Crippen molar-refractivity contribution in [1.29, 1.82) is 0 Å². The van der Waals surface area contributed by atoms with Gasteiger partial charge in [0.1, 0.15) is 10.8 Å². The summed E-state index contributed by atoms with van der Waals surface area (Å²) in [6.07, 6.45) is 4.77. The molecule has 5 heteroatoms. The Morgan fingerprint density at radius 2 is 1.90 bits per heavy atom. The molecule has 4 nitrogen and oxygen atoms in total. The van der Waals surface area contributed by atoms with Gasteiger partial charge in [0.15, 0.2) is 0 Å². The van der Waals surface area contributed by atoms with Crippen LogP contribution in [0.15, 0.2) is 24.3 Å². The predicted molar refractivity (Wildman–Crippen MR) is 128 cm³/mol. The minimum atomic E-state index is -1.72. The van der Waals surface area contributed by atoms with Gasteiger partial charge in [-0.2, -0.15) is 5.10 Å². The molecule has 31 heavy (non-hydrogen) atoms. The van der Waals surface area contributed by atoms with Crippen LogP contribution in [0.3, 0.4) is 0 Å². The average molecular weight is 437 g/mol. The van der Waals surface area contributed by atoms with Crippen LogP contribution < -0.4 is 4.90 Å². The van der Waals surface area contributed by atoms with Crippen LogP contribution in [0.25, 0.3) is 11.3 Å². The van der Waals surface area contributed by atoms with Crippen molar-refractivity contribution in [2.75, 3.05) is 11.4 Å². The maximum Gasteiger partial charge on any atom is 0.146 e. The fraction of sp³-hybridized carbons (Fsp3) is 0.462. The highest BCUT2D eigenvalue weighted by Crippen LogP contribution is 2.46. The minimum Gasteiger partial charge on any atom is -0.351 e. The fourth-order valence-electron chi connectivity index (χ4n) is 4.76. The number of fused-ring (bicyclic) bond motifs is 1. The first-order valence-corrected chi connectivity index (χ1v) is 11.8. The molecule has 0 radical (unpaired) electrons. The van der Waals surface area contributed by atoms with Gasteiger partial charge < -0.3 is 4.90 Å². The molecule has 162 valence electrons. The van der Waals surface area contributed by atoms with Gasteiger partial charge in [0.05, 0.1) is 14.1 Å². The zero-order valence-electron chi connectivity index (χ0n) is 20.8. The molecular weight excluding hydrogens is 404 g/mol. The topological polar surface area (TPSA) is 34.0 Å². The number of pyridine rings is 1. The van der Waals surface area contributed by atoms with Crippen LogP contribution in [0, 0.1) is 6.92 Å². The van der Waals surface area contributed by atoms with Crippen LogP contribution in [0.4, 0.5) is 5.82 Å². The van der Waals surface area contributed by atoms with Gasteiger partial charge in [-0.3, -0.25) is 9.67 Å². The second kappa shape index (κ2) is 7.98. The van der Waals surface area contributed by atoms with E-state index in [1.807, 2.05) is 14.0 Å². The van der Waals surface area contributed by atoms with Crippen LogP contribution in [0.5, 0.6) is 0 Å². The van der Waals surface area contributed by atoms with Crippen molar-refractivity contribution in [2.45, 2.75) is 65.3 Å². The maximum atomic E-state index is 9.15. The van der Waals surface area contributed by atoms with Gasteiger partial charge in [-0.05, 0) is 60.9 Å². The highest BCUT2D eigenvalue weighted by Gasteiger charge is 2.33. The van der Waals surface area contributed by atoms with E-state index >= 15 is 0 Å². The molecule has 0 unspecified atom stereocenters. The standard InChI is InChI=1S/C26H31ClN4/c1-5-17-8-7-9-18(6-2)23(17)22-14-16(3)20-15-31(13-12-21(20)28-22)26-24(27)25(19-10-11-19)29-30(26)4/h7-9,14,19H,5-6,10-13,15H2,1-4H3/i15D2. The minimum absolute atomic E-state index is 0.415. The maximum absolute atomic E-state index is 9.15. The molecule has 0 atom stereocenters. The van der Waals surface area contributed by atoms with Gasteiger partial charge in [0.2, 0.25) is 0 Å². The zero-order chi connectivity index (χ0) is 23.5. The third-order valence-corrected chi connectivity index (χ3v) is 6.93. The number of hydrogen-bond donors (Lipinski definition) is 0. The Hall–Kier alpha value is -2.33. The molecule has 2 aromatic heterocycles. The molecule has 3 heterocycles. The Morgan fingerprint density at radius 3 is 2.55 bits per heavy atom. The van der Waals surface area contributed by atoms with Crippen molar-refractivity contribution in [3.8, 4) is 11.3 Å². The van der Waals surface area contributed by atoms with E-state index in [4.69, 9.17) is 19.3 Å². The number of aryl methyl sites for hydroxylation is 4. The molecule has 1 fully saturated rings. The molecule has 0 amide bonds. The van der Waals surface area contributed by atoms with Gasteiger partial charge in [0.25, 0.3) is 0 Å². The number of anilines is 1. The Bertz CT molecular complexity index is 1210. The molecule has 1 saturated carbocycles. The summed E-state index contributed by atoms with van der Waals surface area (Å²) in [7, 11) is 1.86. The van der Waals surface area contributed by atoms with E-state index in [2.05, 4.69) is 43.2 Å². The van der Waals surface area contributed by atoms with E-state index in [0.717, 1.165) is 48.3 Å². The van der Waals surface area contributed by atoms with E-state index in [9.17, 15) is 0 Å². The lowest BCUT2D eigenvalue weighted by atomic mass is 9.92. The Balaban J connectivity index is 1.61. The summed E-state index contributed by atoms with van der Waals surface area (Å²) in [6, 6.07) is 8.53. The molecule has 5 rings (SSSR count). The molecule has 0 saturated heterocycles. The van der Waals surface area contributed by atoms with E-state index in [1.165, 1.54) is 16.7 Å². The first-order chi connectivity index (χ1) is 15.8. The smallest absolute Gasteiger partial charge is 0.146 e. The number of nitrogens with zero attached hydrogens (tertiary/aromatic N) is 4. The molecule has 0 N–H and O–H groups in total. The lowest BCUT2D eigenvalue weighted by Crippen LogP contribution is -2.33. The Labute approximate surface area is 193 Å². The summed E-state index contributed by atoms with van der Waals surface area (Å²) in [6.45, 7) is 5.14. The van der Waals surface area contributed by atoms with E-state index in [1.54, 1.807) is 9.58 Å². The molecule has 2 aliphatic rings. The molecule has 1 aliphatic carbocycles. The van der Waals surface area contributed by atoms with E-state index in [0.29, 0.717) is 35.3 Å². The highest BCUT2D eigenvalue weighted by molar-refractivity contribution is 6.33.